The molecule has 0 fully saturated rings. The van der Waals surface area contributed by atoms with Crippen molar-refractivity contribution >= 4 is 29.0 Å². The lowest BCUT2D eigenvalue weighted by Crippen LogP contribution is -2.15. The Kier molecular flexibility index (Phi) is 7.72. The van der Waals surface area contributed by atoms with Crippen LogP contribution in [0.25, 0.3) is 11.4 Å². The summed E-state index contributed by atoms with van der Waals surface area (Å²) in [6, 6.07) is 12.4. The van der Waals surface area contributed by atoms with Crippen molar-refractivity contribution in [3.05, 3.63) is 70.8 Å². The number of ether oxygens (including phenoxy) is 1. The summed E-state index contributed by atoms with van der Waals surface area (Å²) in [6.45, 7) is 10.7. The monoisotopic (exact) mass is 481 g/mol. The lowest BCUT2D eigenvalue weighted by molar-refractivity contribution is -0.384. The number of nitro benzene ring substituents is 1. The van der Waals surface area contributed by atoms with E-state index in [1.54, 1.807) is 12.1 Å². The van der Waals surface area contributed by atoms with Gasteiger partial charge in [0.2, 0.25) is 5.91 Å². The molecule has 3 rings (SSSR count). The van der Waals surface area contributed by atoms with Crippen LogP contribution in [-0.4, -0.2) is 38.5 Å². The number of carbonyl (C=O) groups is 1. The highest BCUT2D eigenvalue weighted by Gasteiger charge is 2.20. The Morgan fingerprint density at radius 2 is 1.94 bits per heavy atom. The summed E-state index contributed by atoms with van der Waals surface area (Å²) >= 11 is 1.19. The zero-order valence-electron chi connectivity index (χ0n) is 19.6. The first-order chi connectivity index (χ1) is 16.1. The van der Waals surface area contributed by atoms with Crippen molar-refractivity contribution in [3.8, 4) is 17.1 Å². The van der Waals surface area contributed by atoms with Crippen LogP contribution in [0.4, 0.5) is 11.4 Å². The number of nitro groups is 1. The molecular weight excluding hydrogens is 454 g/mol. The molecule has 1 aromatic heterocycles. The second kappa shape index (κ2) is 10.5. The Balaban J connectivity index is 1.75. The Morgan fingerprint density at radius 1 is 1.24 bits per heavy atom. The maximum absolute atomic E-state index is 12.5. The number of nitrogens with zero attached hydrogens (tertiary/aromatic N) is 4. The Hall–Kier alpha value is -3.66. The molecule has 0 bridgehead atoms. The number of aromatic nitrogens is 3. The van der Waals surface area contributed by atoms with E-state index in [0.717, 1.165) is 5.56 Å². The molecule has 0 saturated heterocycles. The van der Waals surface area contributed by atoms with Gasteiger partial charge in [0.25, 0.3) is 5.69 Å². The summed E-state index contributed by atoms with van der Waals surface area (Å²) in [7, 11) is 1.42. The van der Waals surface area contributed by atoms with Crippen molar-refractivity contribution in [1.29, 1.82) is 0 Å². The molecule has 1 heterocycles. The predicted octanol–water partition coefficient (Wildman–Crippen LogP) is 5.08. The molecule has 0 aliphatic heterocycles. The second-order valence-electron chi connectivity index (χ2n) is 8.51. The molecule has 0 aliphatic rings. The highest BCUT2D eigenvalue weighted by atomic mass is 32.2. The number of anilines is 1. The maximum atomic E-state index is 12.5. The lowest BCUT2D eigenvalue weighted by atomic mass is 9.87. The van der Waals surface area contributed by atoms with Crippen molar-refractivity contribution in [1.82, 2.24) is 14.8 Å². The van der Waals surface area contributed by atoms with Gasteiger partial charge in [-0.25, -0.2) is 0 Å². The second-order valence-corrected chi connectivity index (χ2v) is 9.45. The molecule has 9 nitrogen and oxygen atoms in total. The highest BCUT2D eigenvalue weighted by molar-refractivity contribution is 7.99. The average molecular weight is 482 g/mol. The van der Waals surface area contributed by atoms with Crippen LogP contribution >= 0.6 is 11.8 Å². The zero-order valence-corrected chi connectivity index (χ0v) is 20.4. The van der Waals surface area contributed by atoms with Crippen LogP contribution in [0.3, 0.4) is 0 Å². The molecule has 0 aliphatic carbocycles. The molecule has 2 aromatic carbocycles. The Bertz CT molecular complexity index is 1200. The van der Waals surface area contributed by atoms with Gasteiger partial charge in [-0.15, -0.1) is 16.8 Å². The normalized spacial score (nSPS) is 11.2. The number of hydrogen-bond donors (Lipinski definition) is 1. The van der Waals surface area contributed by atoms with E-state index in [2.05, 4.69) is 55.0 Å². The highest BCUT2D eigenvalue weighted by Crippen LogP contribution is 2.30. The van der Waals surface area contributed by atoms with Crippen molar-refractivity contribution in [2.75, 3.05) is 18.2 Å². The van der Waals surface area contributed by atoms with Crippen molar-refractivity contribution in [2.24, 2.45) is 0 Å². The molecule has 0 atom stereocenters. The summed E-state index contributed by atoms with van der Waals surface area (Å²) in [4.78, 5) is 23.3. The van der Waals surface area contributed by atoms with Crippen LogP contribution in [0.1, 0.15) is 26.3 Å². The molecule has 10 heteroatoms. The molecule has 0 unspecified atom stereocenters. The molecule has 178 valence electrons. The molecule has 34 heavy (non-hydrogen) atoms. The van der Waals surface area contributed by atoms with Gasteiger partial charge in [-0.3, -0.25) is 19.5 Å². The van der Waals surface area contributed by atoms with Gasteiger partial charge in [0.1, 0.15) is 11.4 Å². The molecule has 0 saturated carbocycles. The minimum Gasteiger partial charge on any atom is -0.496 e. The number of methoxy groups -OCH3 is 1. The van der Waals surface area contributed by atoms with Crippen LogP contribution < -0.4 is 10.1 Å². The standard InChI is InChI=1S/C24H27N5O4S/c1-6-13-28-22(16-7-9-17(10-8-16)24(2,3)4)26-27-23(28)34-15-21(30)25-19-12-11-18(33-5)14-20(19)29(31)32/h6-12,14H,1,13,15H2,2-5H3,(H,25,30). The fourth-order valence-corrected chi connectivity index (χ4v) is 3.98. The fourth-order valence-electron chi connectivity index (χ4n) is 3.23. The van der Waals surface area contributed by atoms with E-state index >= 15 is 0 Å². The third-order valence-electron chi connectivity index (χ3n) is 5.05. The van der Waals surface area contributed by atoms with Gasteiger partial charge < -0.3 is 10.1 Å². The third kappa shape index (κ3) is 5.82. The number of amides is 1. The number of carbonyl (C=O) groups excluding carboxylic acids is 1. The summed E-state index contributed by atoms with van der Waals surface area (Å²) in [5.41, 5.74) is 2.02. The smallest absolute Gasteiger partial charge is 0.296 e. The van der Waals surface area contributed by atoms with Crippen LogP contribution in [0.15, 0.2) is 60.3 Å². The van der Waals surface area contributed by atoms with E-state index < -0.39 is 10.8 Å². The van der Waals surface area contributed by atoms with Gasteiger partial charge in [-0.05, 0) is 23.1 Å². The SMILES string of the molecule is C=CCn1c(SCC(=O)Nc2ccc(OC)cc2[N+](=O)[O-])nnc1-c1ccc(C(C)(C)C)cc1. The van der Waals surface area contributed by atoms with Crippen molar-refractivity contribution < 1.29 is 14.5 Å². The zero-order chi connectivity index (χ0) is 24.9. The average Bonchev–Trinajstić information content (AvgIpc) is 3.20. The van der Waals surface area contributed by atoms with E-state index in [4.69, 9.17) is 4.74 Å². The number of hydrogen-bond acceptors (Lipinski definition) is 7. The van der Waals surface area contributed by atoms with Crippen LogP contribution in [0, 0.1) is 10.1 Å². The van der Waals surface area contributed by atoms with Crippen LogP contribution in [0.5, 0.6) is 5.75 Å². The lowest BCUT2D eigenvalue weighted by Gasteiger charge is -2.19. The van der Waals surface area contributed by atoms with E-state index in [9.17, 15) is 14.9 Å². The topological polar surface area (TPSA) is 112 Å². The number of rotatable bonds is 9. The molecule has 0 radical (unpaired) electrons. The van der Waals surface area contributed by atoms with E-state index in [-0.39, 0.29) is 22.5 Å². The molecule has 3 aromatic rings. The van der Waals surface area contributed by atoms with Crippen molar-refractivity contribution in [2.45, 2.75) is 37.9 Å². The Labute approximate surface area is 202 Å². The van der Waals surface area contributed by atoms with Gasteiger partial charge in [-0.1, -0.05) is 62.9 Å². The van der Waals surface area contributed by atoms with Gasteiger partial charge in [-0.2, -0.15) is 0 Å². The van der Waals surface area contributed by atoms with Crippen LogP contribution in [0.2, 0.25) is 0 Å². The minimum atomic E-state index is -0.566. The first kappa shape index (κ1) is 25.0. The first-order valence-electron chi connectivity index (χ1n) is 10.5. The van der Waals surface area contributed by atoms with E-state index in [0.29, 0.717) is 23.3 Å². The molecule has 0 spiro atoms. The molecule has 1 amide bonds. The predicted molar refractivity (Wildman–Crippen MR) is 133 cm³/mol. The van der Waals surface area contributed by atoms with Crippen molar-refractivity contribution in [3.63, 3.8) is 0 Å². The van der Waals surface area contributed by atoms with Gasteiger partial charge in [0.15, 0.2) is 11.0 Å². The summed E-state index contributed by atoms with van der Waals surface area (Å²) in [5.74, 6) is 0.609. The van der Waals surface area contributed by atoms with Gasteiger partial charge >= 0.3 is 0 Å². The summed E-state index contributed by atoms with van der Waals surface area (Å²) in [6.07, 6.45) is 1.74. The number of nitrogens with one attached hydrogen (secondary N) is 1. The summed E-state index contributed by atoms with van der Waals surface area (Å²) in [5, 5.41) is 23.1. The van der Waals surface area contributed by atoms with E-state index in [1.165, 1.54) is 36.6 Å². The maximum Gasteiger partial charge on any atom is 0.296 e. The Morgan fingerprint density at radius 3 is 2.53 bits per heavy atom. The number of thioether (sulfide) groups is 1. The summed E-state index contributed by atoms with van der Waals surface area (Å²) < 4.78 is 6.90. The molecule has 1 N–H and O–H groups in total. The fraction of sp³-hybridized carbons (Fsp3) is 0.292. The van der Waals surface area contributed by atoms with Gasteiger partial charge in [0, 0.05) is 12.1 Å². The first-order valence-corrected chi connectivity index (χ1v) is 11.5. The van der Waals surface area contributed by atoms with Gasteiger partial charge in [0.05, 0.1) is 23.9 Å². The molecular formula is C24H27N5O4S. The largest absolute Gasteiger partial charge is 0.496 e. The quantitative estimate of drug-likeness (QED) is 0.196. The number of allylic oxidation sites excluding steroid dienone is 1. The number of benzene rings is 2. The minimum absolute atomic E-state index is 0.00141. The van der Waals surface area contributed by atoms with E-state index in [1.807, 2.05) is 16.7 Å². The third-order valence-corrected chi connectivity index (χ3v) is 6.01. The van der Waals surface area contributed by atoms with Crippen LogP contribution in [-0.2, 0) is 16.8 Å².